The van der Waals surface area contributed by atoms with Gasteiger partial charge in [-0.05, 0) is 37.6 Å². The molecular formula is C13H28N2. The molecule has 90 valence electrons. The maximum absolute atomic E-state index is 6.42. The Kier molecular flexibility index (Phi) is 3.83. The first-order valence-corrected chi connectivity index (χ1v) is 6.29. The second-order valence-corrected chi connectivity index (χ2v) is 6.29. The Hall–Kier alpha value is -0.0800. The van der Waals surface area contributed by atoms with Crippen molar-refractivity contribution in [3.63, 3.8) is 0 Å². The average Bonchev–Trinajstić information content (AvgIpc) is 2.07. The van der Waals surface area contributed by atoms with E-state index in [1.807, 2.05) is 0 Å². The van der Waals surface area contributed by atoms with Crippen molar-refractivity contribution in [2.24, 2.45) is 17.1 Å². The third-order valence-corrected chi connectivity index (χ3v) is 4.51. The SMILES string of the molecule is CC(C)NCC1CCCC(C)(N)C1(C)C. The van der Waals surface area contributed by atoms with Gasteiger partial charge in [-0.3, -0.25) is 0 Å². The van der Waals surface area contributed by atoms with Crippen molar-refractivity contribution in [2.75, 3.05) is 6.54 Å². The molecule has 1 rings (SSSR count). The fraction of sp³-hybridized carbons (Fsp3) is 1.00. The Balaban J connectivity index is 2.63. The van der Waals surface area contributed by atoms with Gasteiger partial charge < -0.3 is 11.1 Å². The summed E-state index contributed by atoms with van der Waals surface area (Å²) in [6, 6.07) is 0.576. The van der Waals surface area contributed by atoms with E-state index in [2.05, 4.69) is 39.9 Å². The molecule has 0 bridgehead atoms. The quantitative estimate of drug-likeness (QED) is 0.754. The lowest BCUT2D eigenvalue weighted by atomic mass is 9.59. The Morgan fingerprint density at radius 3 is 2.47 bits per heavy atom. The average molecular weight is 212 g/mol. The zero-order valence-corrected chi connectivity index (χ0v) is 11.1. The molecule has 0 spiro atoms. The van der Waals surface area contributed by atoms with Gasteiger partial charge in [0, 0.05) is 11.6 Å². The number of rotatable bonds is 3. The third-order valence-electron chi connectivity index (χ3n) is 4.51. The summed E-state index contributed by atoms with van der Waals surface area (Å²) in [4.78, 5) is 0. The highest BCUT2D eigenvalue weighted by molar-refractivity contribution is 5.01. The molecular weight excluding hydrogens is 184 g/mol. The van der Waals surface area contributed by atoms with Crippen LogP contribution in [0.4, 0.5) is 0 Å². The minimum absolute atomic E-state index is 0.00538. The molecule has 2 unspecified atom stereocenters. The van der Waals surface area contributed by atoms with Gasteiger partial charge in [0.25, 0.3) is 0 Å². The molecule has 2 nitrogen and oxygen atoms in total. The predicted molar refractivity (Wildman–Crippen MR) is 66.9 cm³/mol. The number of nitrogens with one attached hydrogen (secondary N) is 1. The predicted octanol–water partition coefficient (Wildman–Crippen LogP) is 2.53. The van der Waals surface area contributed by atoms with Gasteiger partial charge in [0.2, 0.25) is 0 Å². The van der Waals surface area contributed by atoms with Crippen LogP contribution in [0.25, 0.3) is 0 Å². The van der Waals surface area contributed by atoms with Gasteiger partial charge >= 0.3 is 0 Å². The summed E-state index contributed by atoms with van der Waals surface area (Å²) in [5, 5.41) is 3.55. The molecule has 0 aliphatic heterocycles. The Bertz CT molecular complexity index is 207. The second-order valence-electron chi connectivity index (χ2n) is 6.29. The number of nitrogens with two attached hydrogens (primary N) is 1. The highest BCUT2D eigenvalue weighted by atomic mass is 14.9. The Morgan fingerprint density at radius 2 is 1.93 bits per heavy atom. The zero-order chi connectivity index (χ0) is 11.7. The summed E-state index contributed by atoms with van der Waals surface area (Å²) in [5.74, 6) is 0.712. The van der Waals surface area contributed by atoms with E-state index in [9.17, 15) is 0 Å². The van der Waals surface area contributed by atoms with Crippen molar-refractivity contribution in [2.45, 2.75) is 65.5 Å². The van der Waals surface area contributed by atoms with Crippen LogP contribution in [0.15, 0.2) is 0 Å². The van der Waals surface area contributed by atoms with Crippen LogP contribution in [-0.4, -0.2) is 18.1 Å². The highest BCUT2D eigenvalue weighted by Crippen LogP contribution is 2.45. The highest BCUT2D eigenvalue weighted by Gasteiger charge is 2.45. The molecule has 3 N–H and O–H groups in total. The summed E-state index contributed by atoms with van der Waals surface area (Å²) in [6.07, 6.45) is 3.76. The fourth-order valence-electron chi connectivity index (χ4n) is 2.60. The molecule has 0 aromatic heterocycles. The maximum atomic E-state index is 6.42. The van der Waals surface area contributed by atoms with Crippen LogP contribution in [0.5, 0.6) is 0 Å². The van der Waals surface area contributed by atoms with E-state index in [-0.39, 0.29) is 11.0 Å². The largest absolute Gasteiger partial charge is 0.325 e. The molecule has 15 heavy (non-hydrogen) atoms. The van der Waals surface area contributed by atoms with Crippen LogP contribution in [0.2, 0.25) is 0 Å². The third kappa shape index (κ3) is 2.73. The lowest BCUT2D eigenvalue weighted by Gasteiger charge is -2.51. The van der Waals surface area contributed by atoms with Gasteiger partial charge in [-0.25, -0.2) is 0 Å². The number of hydrogen-bond acceptors (Lipinski definition) is 2. The lowest BCUT2D eigenvalue weighted by Crippen LogP contribution is -2.58. The summed E-state index contributed by atoms with van der Waals surface area (Å²) < 4.78 is 0. The van der Waals surface area contributed by atoms with Crippen LogP contribution >= 0.6 is 0 Å². The minimum Gasteiger partial charge on any atom is -0.325 e. The first kappa shape index (κ1) is 13.0. The molecule has 1 fully saturated rings. The summed E-state index contributed by atoms with van der Waals surface area (Å²) in [6.45, 7) is 12.4. The first-order valence-electron chi connectivity index (χ1n) is 6.29. The van der Waals surface area contributed by atoms with Gasteiger partial charge in [0.1, 0.15) is 0 Å². The topological polar surface area (TPSA) is 38.0 Å². The van der Waals surface area contributed by atoms with E-state index in [0.717, 1.165) is 13.0 Å². The van der Waals surface area contributed by atoms with Crippen molar-refractivity contribution in [1.82, 2.24) is 5.32 Å². The van der Waals surface area contributed by atoms with E-state index in [1.54, 1.807) is 0 Å². The summed E-state index contributed by atoms with van der Waals surface area (Å²) in [7, 11) is 0. The van der Waals surface area contributed by atoms with Crippen LogP contribution in [0.1, 0.15) is 53.9 Å². The Labute approximate surface area is 95.0 Å². The molecule has 0 amide bonds. The van der Waals surface area contributed by atoms with Crippen LogP contribution in [0, 0.1) is 11.3 Å². The molecule has 1 aliphatic rings. The van der Waals surface area contributed by atoms with Crippen LogP contribution < -0.4 is 11.1 Å². The standard InChI is InChI=1S/C13H28N2/c1-10(2)15-9-11-7-6-8-13(5,14)12(11,3)4/h10-11,15H,6-9,14H2,1-5H3. The normalized spacial score (nSPS) is 35.8. The summed E-state index contributed by atoms with van der Waals surface area (Å²) in [5.41, 5.74) is 6.66. The second kappa shape index (κ2) is 4.42. The molecule has 0 radical (unpaired) electrons. The summed E-state index contributed by atoms with van der Waals surface area (Å²) >= 11 is 0. The van der Waals surface area contributed by atoms with Gasteiger partial charge in [-0.1, -0.05) is 34.1 Å². The molecule has 1 saturated carbocycles. The first-order chi connectivity index (χ1) is 6.77. The van der Waals surface area contributed by atoms with E-state index in [1.165, 1.54) is 12.8 Å². The minimum atomic E-state index is -0.00538. The molecule has 2 heteroatoms. The van der Waals surface area contributed by atoms with E-state index in [4.69, 9.17) is 5.73 Å². The van der Waals surface area contributed by atoms with Gasteiger partial charge in [-0.2, -0.15) is 0 Å². The van der Waals surface area contributed by atoms with Crippen molar-refractivity contribution in [1.29, 1.82) is 0 Å². The Morgan fingerprint density at radius 1 is 1.33 bits per heavy atom. The van der Waals surface area contributed by atoms with Crippen molar-refractivity contribution < 1.29 is 0 Å². The van der Waals surface area contributed by atoms with Crippen molar-refractivity contribution in [3.8, 4) is 0 Å². The molecule has 0 saturated heterocycles. The molecule has 2 atom stereocenters. The monoisotopic (exact) mass is 212 g/mol. The van der Waals surface area contributed by atoms with Crippen molar-refractivity contribution in [3.05, 3.63) is 0 Å². The van der Waals surface area contributed by atoms with Crippen molar-refractivity contribution >= 4 is 0 Å². The van der Waals surface area contributed by atoms with Gasteiger partial charge in [0.05, 0.1) is 0 Å². The molecule has 0 aromatic carbocycles. The van der Waals surface area contributed by atoms with E-state index < -0.39 is 0 Å². The lowest BCUT2D eigenvalue weighted by molar-refractivity contribution is 0.0424. The fourth-order valence-corrected chi connectivity index (χ4v) is 2.60. The molecule has 0 heterocycles. The maximum Gasteiger partial charge on any atom is 0.0180 e. The van der Waals surface area contributed by atoms with Gasteiger partial charge in [-0.15, -0.1) is 0 Å². The smallest absolute Gasteiger partial charge is 0.0180 e. The van der Waals surface area contributed by atoms with Crippen LogP contribution in [-0.2, 0) is 0 Å². The van der Waals surface area contributed by atoms with E-state index in [0.29, 0.717) is 12.0 Å². The van der Waals surface area contributed by atoms with Gasteiger partial charge in [0.15, 0.2) is 0 Å². The molecule has 0 aromatic rings. The zero-order valence-electron chi connectivity index (χ0n) is 11.1. The number of hydrogen-bond donors (Lipinski definition) is 2. The van der Waals surface area contributed by atoms with E-state index >= 15 is 0 Å². The van der Waals surface area contributed by atoms with Crippen LogP contribution in [0.3, 0.4) is 0 Å². The molecule has 1 aliphatic carbocycles.